The molecule has 0 amide bonds. The zero-order chi connectivity index (χ0) is 68.2. The quantitative estimate of drug-likeness (QED) is 0.0222. The van der Waals surface area contributed by atoms with Crippen LogP contribution in [0.3, 0.4) is 0 Å². The molecule has 0 aliphatic carbocycles. The molecule has 92 heavy (non-hydrogen) atoms. The van der Waals surface area contributed by atoms with Gasteiger partial charge in [0.15, 0.2) is 12.2 Å². The normalized spacial score (nSPS) is 14.5. The lowest BCUT2D eigenvalue weighted by atomic mass is 9.99. The van der Waals surface area contributed by atoms with Crippen LogP contribution < -0.4 is 0 Å². The molecule has 0 bridgehead atoms. The second-order valence-corrected chi connectivity index (χ2v) is 30.9. The van der Waals surface area contributed by atoms with Gasteiger partial charge >= 0.3 is 39.5 Å². The molecular weight excluding hydrogens is 1210 g/mol. The van der Waals surface area contributed by atoms with Gasteiger partial charge in [0.05, 0.1) is 26.4 Å². The summed E-state index contributed by atoms with van der Waals surface area (Å²) in [4.78, 5) is 72.7. The Kier molecular flexibility index (Phi) is 61.3. The molecule has 19 heteroatoms. The highest BCUT2D eigenvalue weighted by Gasteiger charge is 2.30. The van der Waals surface area contributed by atoms with Crippen molar-refractivity contribution in [2.75, 3.05) is 39.6 Å². The number of hydrogen-bond donors (Lipinski definition) is 3. The highest BCUT2D eigenvalue weighted by Crippen LogP contribution is 2.45. The van der Waals surface area contributed by atoms with E-state index >= 15 is 0 Å². The summed E-state index contributed by atoms with van der Waals surface area (Å²) in [5, 5.41) is 10.6. The van der Waals surface area contributed by atoms with E-state index in [9.17, 15) is 43.2 Å². The van der Waals surface area contributed by atoms with Crippen molar-refractivity contribution >= 4 is 39.5 Å². The molecule has 0 spiro atoms. The minimum Gasteiger partial charge on any atom is -0.462 e. The van der Waals surface area contributed by atoms with Crippen LogP contribution in [0.15, 0.2) is 0 Å². The fraction of sp³-hybridized carbons (Fsp3) is 0.945. The summed E-state index contributed by atoms with van der Waals surface area (Å²) in [5.74, 6) is 0.901. The lowest BCUT2D eigenvalue weighted by molar-refractivity contribution is -0.161. The zero-order valence-corrected chi connectivity index (χ0v) is 62.0. The SMILES string of the molecule is CCC(C)CCCCCCCCCCCCC(=O)OC[C@H](COP(=O)(O)OC[C@@H](O)COP(=O)(O)OC[C@@H](COC(=O)CCCCCCCCC(C)C)OC(=O)CCCCCCCCCCCCCCCC(C)C)OC(=O)CCCCCCCCCCCCC(C)C. The van der Waals surface area contributed by atoms with Crippen LogP contribution in [0.5, 0.6) is 0 Å². The lowest BCUT2D eigenvalue weighted by Crippen LogP contribution is -2.30. The van der Waals surface area contributed by atoms with E-state index in [4.69, 9.17) is 37.0 Å². The van der Waals surface area contributed by atoms with Crippen LogP contribution in [-0.2, 0) is 65.4 Å². The fourth-order valence-electron chi connectivity index (χ4n) is 11.0. The molecule has 17 nitrogen and oxygen atoms in total. The van der Waals surface area contributed by atoms with Crippen molar-refractivity contribution in [3.63, 3.8) is 0 Å². The minimum atomic E-state index is -4.95. The predicted molar refractivity (Wildman–Crippen MR) is 372 cm³/mol. The van der Waals surface area contributed by atoms with Crippen LogP contribution in [-0.4, -0.2) is 96.7 Å². The molecule has 546 valence electrons. The highest BCUT2D eigenvalue weighted by atomic mass is 31.2. The van der Waals surface area contributed by atoms with Crippen LogP contribution >= 0.6 is 15.6 Å². The number of carbonyl (C=O) groups is 4. The van der Waals surface area contributed by atoms with Gasteiger partial charge in [-0.1, -0.05) is 312 Å². The van der Waals surface area contributed by atoms with E-state index in [0.29, 0.717) is 31.6 Å². The number of phosphoric ester groups is 2. The molecule has 3 N–H and O–H groups in total. The first-order chi connectivity index (χ1) is 44.1. The Labute approximate surface area is 562 Å². The van der Waals surface area contributed by atoms with Crippen LogP contribution in [0.4, 0.5) is 0 Å². The first-order valence-electron chi connectivity index (χ1n) is 37.7. The summed E-state index contributed by atoms with van der Waals surface area (Å²) in [6, 6.07) is 0. The molecule has 0 rings (SSSR count). The predicted octanol–water partition coefficient (Wildman–Crippen LogP) is 20.9. The Bertz CT molecular complexity index is 1820. The Morgan fingerprint density at radius 1 is 0.304 bits per heavy atom. The van der Waals surface area contributed by atoms with Crippen LogP contribution in [0.25, 0.3) is 0 Å². The zero-order valence-electron chi connectivity index (χ0n) is 60.2. The number of phosphoric acid groups is 2. The maximum atomic E-state index is 13.0. The van der Waals surface area contributed by atoms with Gasteiger partial charge in [0, 0.05) is 25.7 Å². The van der Waals surface area contributed by atoms with E-state index in [1.807, 2.05) is 0 Å². The summed E-state index contributed by atoms with van der Waals surface area (Å²) >= 11 is 0. The third-order valence-corrected chi connectivity index (χ3v) is 19.1. The Hall–Kier alpha value is -1.94. The van der Waals surface area contributed by atoms with E-state index in [2.05, 4.69) is 55.4 Å². The monoisotopic (exact) mass is 1350 g/mol. The number of esters is 4. The summed E-state index contributed by atoms with van der Waals surface area (Å²) in [7, 11) is -9.91. The van der Waals surface area contributed by atoms with E-state index in [-0.39, 0.29) is 25.7 Å². The van der Waals surface area contributed by atoms with Crippen molar-refractivity contribution in [2.24, 2.45) is 23.7 Å². The molecule has 0 aromatic carbocycles. The molecule has 6 atom stereocenters. The summed E-state index contributed by atoms with van der Waals surface area (Å²) in [6.45, 7) is 14.1. The Balaban J connectivity index is 5.24. The summed E-state index contributed by atoms with van der Waals surface area (Å²) in [6.07, 6.45) is 45.8. The van der Waals surface area contributed by atoms with Crippen molar-refractivity contribution in [1.82, 2.24) is 0 Å². The molecular formula is C73H142O17P2. The van der Waals surface area contributed by atoms with Gasteiger partial charge in [-0.3, -0.25) is 37.3 Å². The van der Waals surface area contributed by atoms with Crippen LogP contribution in [0.2, 0.25) is 0 Å². The second-order valence-electron chi connectivity index (χ2n) is 28.0. The highest BCUT2D eigenvalue weighted by molar-refractivity contribution is 7.47. The smallest absolute Gasteiger partial charge is 0.462 e. The molecule has 0 aliphatic rings. The van der Waals surface area contributed by atoms with Gasteiger partial charge < -0.3 is 33.8 Å². The number of aliphatic hydroxyl groups excluding tert-OH is 1. The van der Waals surface area contributed by atoms with Gasteiger partial charge in [-0.05, 0) is 49.4 Å². The first-order valence-corrected chi connectivity index (χ1v) is 40.7. The minimum absolute atomic E-state index is 0.105. The van der Waals surface area contributed by atoms with Crippen molar-refractivity contribution in [2.45, 2.75) is 382 Å². The molecule has 3 unspecified atom stereocenters. The summed E-state index contributed by atoms with van der Waals surface area (Å²) in [5.41, 5.74) is 0. The van der Waals surface area contributed by atoms with E-state index in [0.717, 1.165) is 114 Å². The van der Waals surface area contributed by atoms with Gasteiger partial charge in [0.1, 0.15) is 19.3 Å². The van der Waals surface area contributed by atoms with Crippen molar-refractivity contribution < 1.29 is 80.2 Å². The van der Waals surface area contributed by atoms with Crippen molar-refractivity contribution in [1.29, 1.82) is 0 Å². The van der Waals surface area contributed by atoms with E-state index < -0.39 is 97.5 Å². The number of carbonyl (C=O) groups excluding carboxylic acids is 4. The van der Waals surface area contributed by atoms with Gasteiger partial charge in [-0.15, -0.1) is 0 Å². The number of aliphatic hydroxyl groups is 1. The maximum Gasteiger partial charge on any atom is 0.472 e. The molecule has 0 fully saturated rings. The maximum absolute atomic E-state index is 13.0. The molecule has 0 heterocycles. The molecule has 0 radical (unpaired) electrons. The molecule has 0 saturated heterocycles. The third kappa shape index (κ3) is 65.4. The Morgan fingerprint density at radius 3 is 0.772 bits per heavy atom. The largest absolute Gasteiger partial charge is 0.472 e. The van der Waals surface area contributed by atoms with E-state index in [1.165, 1.54) is 161 Å². The van der Waals surface area contributed by atoms with Gasteiger partial charge in [0.25, 0.3) is 0 Å². The van der Waals surface area contributed by atoms with Gasteiger partial charge in [-0.25, -0.2) is 9.13 Å². The molecule has 0 aromatic heterocycles. The van der Waals surface area contributed by atoms with Gasteiger partial charge in [0.2, 0.25) is 0 Å². The van der Waals surface area contributed by atoms with Crippen LogP contribution in [0, 0.1) is 23.7 Å². The topological polar surface area (TPSA) is 237 Å². The fourth-order valence-corrected chi connectivity index (χ4v) is 12.6. The standard InChI is InChI=1S/C73H142O17P2/c1-9-66(8)52-44-36-27-21-16-18-22-28-37-45-53-70(75)83-59-68(89-73(78)56-48-40-30-24-17-15-20-26-34-42-50-64(4)5)61-87-91(79,80)85-57-67(74)58-86-92(81,82)88-62-69(60-84-71(76)54-46-38-32-31-35-43-51-65(6)7)90-72(77)55-47-39-29-23-14-12-10-11-13-19-25-33-41-49-63(2)3/h63-69,74H,9-62H2,1-8H3,(H,79,80)(H,81,82)/t66?,67-,68-,69-/m1/s1. The average Bonchev–Trinajstić information content (AvgIpc) is 3.16. The number of unbranched alkanes of at least 4 members (excludes halogenated alkanes) is 35. The van der Waals surface area contributed by atoms with Gasteiger partial charge in [-0.2, -0.15) is 0 Å². The van der Waals surface area contributed by atoms with Crippen molar-refractivity contribution in [3.05, 3.63) is 0 Å². The molecule has 0 saturated carbocycles. The number of hydrogen-bond acceptors (Lipinski definition) is 15. The number of ether oxygens (including phenoxy) is 4. The molecule has 0 aliphatic heterocycles. The van der Waals surface area contributed by atoms with Crippen LogP contribution in [0.1, 0.15) is 364 Å². The second kappa shape index (κ2) is 62.6. The Morgan fingerprint density at radius 2 is 0.522 bits per heavy atom. The number of rotatable bonds is 70. The molecule has 0 aromatic rings. The summed E-state index contributed by atoms with van der Waals surface area (Å²) < 4.78 is 68.4. The van der Waals surface area contributed by atoms with E-state index in [1.54, 1.807) is 0 Å². The first kappa shape index (κ1) is 90.1. The third-order valence-electron chi connectivity index (χ3n) is 17.2. The lowest BCUT2D eigenvalue weighted by Gasteiger charge is -2.21. The van der Waals surface area contributed by atoms with Crippen molar-refractivity contribution in [3.8, 4) is 0 Å². The average molecular weight is 1350 g/mol.